The third-order valence-electron chi connectivity index (χ3n) is 3.85. The van der Waals surface area contributed by atoms with Crippen LogP contribution in [0.15, 0.2) is 66.7 Å². The largest absolute Gasteiger partial charge is 0.482 e. The van der Waals surface area contributed by atoms with Crippen LogP contribution in [-0.2, 0) is 15.3 Å². The summed E-state index contributed by atoms with van der Waals surface area (Å²) in [4.78, 5) is 22.7. The topological polar surface area (TPSA) is 75.6 Å². The highest BCUT2D eigenvalue weighted by molar-refractivity contribution is 7.99. The van der Waals surface area contributed by atoms with Gasteiger partial charge in [0.2, 0.25) is 5.91 Å². The van der Waals surface area contributed by atoms with Gasteiger partial charge in [0.15, 0.2) is 6.61 Å². The first-order valence-corrected chi connectivity index (χ1v) is 9.56. The van der Waals surface area contributed by atoms with Crippen molar-refractivity contribution in [3.8, 4) is 5.75 Å². The van der Waals surface area contributed by atoms with Crippen molar-refractivity contribution in [1.29, 1.82) is 0 Å². The molecule has 1 amide bonds. The molecule has 0 atom stereocenters. The second kappa shape index (κ2) is 9.09. The average molecular weight is 381 g/mol. The number of aliphatic carboxylic acids is 1. The maximum Gasteiger partial charge on any atom is 0.341 e. The summed E-state index contributed by atoms with van der Waals surface area (Å²) in [6.07, 6.45) is 0. The van der Waals surface area contributed by atoms with Crippen LogP contribution in [-0.4, -0.2) is 29.3 Å². The van der Waals surface area contributed by atoms with Crippen LogP contribution in [0.2, 0.25) is 0 Å². The summed E-state index contributed by atoms with van der Waals surface area (Å²) in [6, 6.07) is 21.1. The molecule has 27 heavy (non-hydrogen) atoms. The highest BCUT2D eigenvalue weighted by Crippen LogP contribution is 2.23. The molecule has 0 heterocycles. The smallest absolute Gasteiger partial charge is 0.341 e. The number of thioether (sulfide) groups is 1. The minimum atomic E-state index is -1.05. The van der Waals surface area contributed by atoms with E-state index in [0.717, 1.165) is 5.75 Å². The lowest BCUT2D eigenvalue weighted by atomic mass is 10.1. The zero-order valence-corrected chi connectivity index (χ0v) is 15.4. The van der Waals surface area contributed by atoms with Crippen LogP contribution in [0.3, 0.4) is 0 Å². The molecule has 3 aromatic rings. The van der Waals surface area contributed by atoms with Gasteiger partial charge in [-0.15, -0.1) is 11.8 Å². The molecule has 138 valence electrons. The molecule has 6 heteroatoms. The first-order chi connectivity index (χ1) is 13.1. The number of hydrogen-bond acceptors (Lipinski definition) is 4. The summed E-state index contributed by atoms with van der Waals surface area (Å²) in [7, 11) is 0. The molecular weight excluding hydrogens is 362 g/mol. The Morgan fingerprint density at radius 2 is 1.78 bits per heavy atom. The maximum absolute atomic E-state index is 12.2. The van der Waals surface area contributed by atoms with Crippen molar-refractivity contribution in [1.82, 2.24) is 0 Å². The summed E-state index contributed by atoms with van der Waals surface area (Å²) < 4.78 is 5.11. The number of benzene rings is 3. The molecule has 0 fully saturated rings. The Labute approximate surface area is 161 Å². The van der Waals surface area contributed by atoms with Crippen molar-refractivity contribution in [2.24, 2.45) is 0 Å². The predicted molar refractivity (Wildman–Crippen MR) is 108 cm³/mol. The summed E-state index contributed by atoms with van der Waals surface area (Å²) in [5.74, 6) is 0.309. The molecule has 0 unspecified atom stereocenters. The quantitative estimate of drug-likeness (QED) is 0.612. The van der Waals surface area contributed by atoms with E-state index in [4.69, 9.17) is 9.84 Å². The number of rotatable bonds is 8. The minimum Gasteiger partial charge on any atom is -0.482 e. The number of carbonyl (C=O) groups excluding carboxylic acids is 1. The Bertz CT molecular complexity index is 952. The van der Waals surface area contributed by atoms with Crippen LogP contribution in [0.1, 0.15) is 5.56 Å². The predicted octanol–water partition coefficient (Wildman–Crippen LogP) is 4.18. The van der Waals surface area contributed by atoms with E-state index < -0.39 is 12.6 Å². The molecule has 3 rings (SSSR count). The number of hydrogen-bond donors (Lipinski definition) is 2. The molecule has 0 bridgehead atoms. The van der Waals surface area contributed by atoms with Gasteiger partial charge in [-0.1, -0.05) is 48.5 Å². The van der Waals surface area contributed by atoms with Gasteiger partial charge in [0.1, 0.15) is 5.75 Å². The van der Waals surface area contributed by atoms with Crippen molar-refractivity contribution in [2.45, 2.75) is 5.75 Å². The molecule has 0 saturated carbocycles. The third-order valence-corrected chi connectivity index (χ3v) is 4.83. The van der Waals surface area contributed by atoms with E-state index in [2.05, 4.69) is 29.6 Å². The highest BCUT2D eigenvalue weighted by atomic mass is 32.2. The van der Waals surface area contributed by atoms with E-state index >= 15 is 0 Å². The number of carbonyl (C=O) groups is 2. The molecule has 0 spiro atoms. The van der Waals surface area contributed by atoms with Gasteiger partial charge >= 0.3 is 5.97 Å². The molecular formula is C21H19NO4S. The van der Waals surface area contributed by atoms with Gasteiger partial charge in [0.25, 0.3) is 0 Å². The van der Waals surface area contributed by atoms with Crippen molar-refractivity contribution >= 4 is 40.1 Å². The van der Waals surface area contributed by atoms with E-state index in [1.807, 2.05) is 18.2 Å². The lowest BCUT2D eigenvalue weighted by molar-refractivity contribution is -0.139. The normalized spacial score (nSPS) is 10.5. The number of carboxylic acids is 1. The van der Waals surface area contributed by atoms with Gasteiger partial charge in [-0.25, -0.2) is 4.79 Å². The van der Waals surface area contributed by atoms with E-state index in [-0.39, 0.29) is 5.91 Å². The van der Waals surface area contributed by atoms with Gasteiger partial charge < -0.3 is 15.2 Å². The second-order valence-corrected chi connectivity index (χ2v) is 6.88. The monoisotopic (exact) mass is 381 g/mol. The molecule has 2 N–H and O–H groups in total. The van der Waals surface area contributed by atoms with Gasteiger partial charge in [0, 0.05) is 17.5 Å². The lowest BCUT2D eigenvalue weighted by Gasteiger charge is -2.09. The third kappa shape index (κ3) is 5.49. The Balaban J connectivity index is 1.52. The number of carboxylic acid groups (broad SMARTS) is 1. The molecule has 0 aliphatic rings. The first kappa shape index (κ1) is 18.8. The average Bonchev–Trinajstić information content (AvgIpc) is 2.67. The van der Waals surface area contributed by atoms with Crippen LogP contribution in [0.25, 0.3) is 10.8 Å². The fourth-order valence-corrected chi connectivity index (χ4v) is 3.51. The van der Waals surface area contributed by atoms with Crippen molar-refractivity contribution < 1.29 is 19.4 Å². The zero-order valence-electron chi connectivity index (χ0n) is 14.6. The fraction of sp³-hybridized carbons (Fsp3) is 0.143. The number of fused-ring (bicyclic) bond motifs is 1. The zero-order chi connectivity index (χ0) is 19.1. The highest BCUT2D eigenvalue weighted by Gasteiger charge is 2.06. The van der Waals surface area contributed by atoms with Crippen molar-refractivity contribution in [2.75, 3.05) is 17.7 Å². The molecule has 5 nitrogen and oxygen atoms in total. The SMILES string of the molecule is O=C(O)COc1cccc(NC(=O)CSCc2cccc3ccccc23)c1. The molecule has 0 aliphatic heterocycles. The summed E-state index contributed by atoms with van der Waals surface area (Å²) in [5.41, 5.74) is 1.78. The number of amides is 1. The molecule has 3 aromatic carbocycles. The Morgan fingerprint density at radius 1 is 1.00 bits per heavy atom. The first-order valence-electron chi connectivity index (χ1n) is 8.41. The number of ether oxygens (including phenoxy) is 1. The Morgan fingerprint density at radius 3 is 2.63 bits per heavy atom. The van der Waals surface area contributed by atoms with Gasteiger partial charge in [0.05, 0.1) is 5.75 Å². The second-order valence-electron chi connectivity index (χ2n) is 5.89. The van der Waals surface area contributed by atoms with Gasteiger partial charge in [-0.2, -0.15) is 0 Å². The van der Waals surface area contributed by atoms with E-state index in [9.17, 15) is 9.59 Å². The summed E-state index contributed by atoms with van der Waals surface area (Å²) in [5, 5.41) is 13.9. The number of anilines is 1. The maximum atomic E-state index is 12.2. The molecule has 0 radical (unpaired) electrons. The summed E-state index contributed by atoms with van der Waals surface area (Å²) in [6.45, 7) is -0.418. The van der Waals surface area contributed by atoms with Crippen LogP contribution < -0.4 is 10.1 Å². The number of nitrogens with one attached hydrogen (secondary N) is 1. The lowest BCUT2D eigenvalue weighted by Crippen LogP contribution is -2.14. The van der Waals surface area contributed by atoms with E-state index in [0.29, 0.717) is 17.2 Å². The molecule has 0 aromatic heterocycles. The Hall–Kier alpha value is -2.99. The fourth-order valence-electron chi connectivity index (χ4n) is 2.68. The van der Waals surface area contributed by atoms with Gasteiger partial charge in [-0.05, 0) is 28.5 Å². The van der Waals surface area contributed by atoms with Gasteiger partial charge in [-0.3, -0.25) is 4.79 Å². The van der Waals surface area contributed by atoms with Crippen LogP contribution >= 0.6 is 11.8 Å². The Kier molecular flexibility index (Phi) is 6.33. The molecule has 0 saturated heterocycles. The summed E-state index contributed by atoms with van der Waals surface area (Å²) >= 11 is 1.55. The van der Waals surface area contributed by atoms with Crippen molar-refractivity contribution in [3.05, 3.63) is 72.3 Å². The standard InChI is InChI=1S/C21H19NO4S/c23-20(22-17-8-4-9-18(11-17)26-12-21(24)25)14-27-13-16-7-3-6-15-5-1-2-10-19(15)16/h1-11H,12-14H2,(H,22,23)(H,24,25). The van der Waals surface area contributed by atoms with E-state index in [1.54, 1.807) is 36.0 Å². The minimum absolute atomic E-state index is 0.115. The molecule has 0 aliphatic carbocycles. The van der Waals surface area contributed by atoms with Crippen molar-refractivity contribution in [3.63, 3.8) is 0 Å². The van der Waals surface area contributed by atoms with Crippen LogP contribution in [0.4, 0.5) is 5.69 Å². The van der Waals surface area contributed by atoms with Crippen LogP contribution in [0.5, 0.6) is 5.75 Å². The van der Waals surface area contributed by atoms with E-state index in [1.165, 1.54) is 16.3 Å². The van der Waals surface area contributed by atoms with Crippen LogP contribution in [0, 0.1) is 0 Å².